The molecule has 1 aromatic rings. The lowest BCUT2D eigenvalue weighted by atomic mass is 9.83. The molecule has 0 bridgehead atoms. The summed E-state index contributed by atoms with van der Waals surface area (Å²) >= 11 is 0. The highest BCUT2D eigenvalue weighted by atomic mass is 19.1. The second-order valence-electron chi connectivity index (χ2n) is 3.82. The number of methoxy groups -OCH3 is 1. The molecule has 1 aromatic carbocycles. The number of hydrogen-bond donors (Lipinski definition) is 0. The number of aldehydes is 1. The second-order valence-corrected chi connectivity index (χ2v) is 3.82. The molecule has 0 saturated carbocycles. The van der Waals surface area contributed by atoms with Gasteiger partial charge in [0.15, 0.2) is 11.6 Å². The molecule has 1 unspecified atom stereocenters. The minimum atomic E-state index is -0.345. The first-order valence-electron chi connectivity index (χ1n) is 5.08. The predicted octanol–water partition coefficient (Wildman–Crippen LogP) is 2.45. The Bertz CT molecular complexity index is 387. The van der Waals surface area contributed by atoms with E-state index in [1.807, 2.05) is 0 Å². The molecule has 0 fully saturated rings. The van der Waals surface area contributed by atoms with E-state index in [1.165, 1.54) is 13.2 Å². The van der Waals surface area contributed by atoms with Crippen LogP contribution in [0.3, 0.4) is 0 Å². The summed E-state index contributed by atoms with van der Waals surface area (Å²) in [5.74, 6) is -0.214. The molecule has 0 spiro atoms. The van der Waals surface area contributed by atoms with Gasteiger partial charge in [0.05, 0.1) is 7.11 Å². The van der Waals surface area contributed by atoms with Crippen LogP contribution < -0.4 is 4.74 Å². The van der Waals surface area contributed by atoms with E-state index in [1.54, 1.807) is 6.07 Å². The minimum Gasteiger partial charge on any atom is -0.494 e. The maximum Gasteiger partial charge on any atom is 0.165 e. The van der Waals surface area contributed by atoms with Crippen molar-refractivity contribution in [3.05, 3.63) is 29.1 Å². The number of rotatable bonds is 2. The van der Waals surface area contributed by atoms with E-state index >= 15 is 0 Å². The molecule has 2 rings (SSSR count). The summed E-state index contributed by atoms with van der Waals surface area (Å²) in [5.41, 5.74) is 1.87. The Morgan fingerprint density at radius 2 is 2.33 bits per heavy atom. The molecule has 0 aliphatic heterocycles. The van der Waals surface area contributed by atoms with Gasteiger partial charge in [-0.05, 0) is 42.5 Å². The number of hydrogen-bond acceptors (Lipinski definition) is 2. The van der Waals surface area contributed by atoms with Crippen LogP contribution in [0.4, 0.5) is 4.39 Å². The van der Waals surface area contributed by atoms with Crippen molar-refractivity contribution in [3.8, 4) is 5.75 Å². The molecule has 0 aromatic heterocycles. The maximum absolute atomic E-state index is 13.4. The smallest absolute Gasteiger partial charge is 0.165 e. The molecule has 0 amide bonds. The number of benzene rings is 1. The van der Waals surface area contributed by atoms with Crippen LogP contribution in [0.15, 0.2) is 12.1 Å². The lowest BCUT2D eigenvalue weighted by molar-refractivity contribution is -0.109. The Hall–Kier alpha value is -1.38. The Morgan fingerprint density at radius 3 is 3.00 bits per heavy atom. The molecule has 0 heterocycles. The highest BCUT2D eigenvalue weighted by molar-refractivity contribution is 5.64. The highest BCUT2D eigenvalue weighted by Crippen LogP contribution is 2.34. The fourth-order valence-electron chi connectivity index (χ4n) is 2.14. The normalized spacial score (nSPS) is 19.5. The van der Waals surface area contributed by atoms with E-state index in [0.717, 1.165) is 36.7 Å². The molecule has 1 aliphatic rings. The number of aryl methyl sites for hydroxylation is 1. The molecule has 15 heavy (non-hydrogen) atoms. The van der Waals surface area contributed by atoms with Gasteiger partial charge in [0.2, 0.25) is 0 Å². The van der Waals surface area contributed by atoms with Crippen LogP contribution in [0.1, 0.15) is 29.9 Å². The minimum absolute atomic E-state index is 0.0942. The number of halogens is 1. The van der Waals surface area contributed by atoms with Gasteiger partial charge in [-0.1, -0.05) is 0 Å². The van der Waals surface area contributed by atoms with Crippen molar-refractivity contribution in [1.29, 1.82) is 0 Å². The first-order valence-corrected chi connectivity index (χ1v) is 5.08. The van der Waals surface area contributed by atoms with Gasteiger partial charge in [-0.2, -0.15) is 0 Å². The van der Waals surface area contributed by atoms with Crippen molar-refractivity contribution in [2.75, 3.05) is 7.11 Å². The summed E-state index contributed by atoms with van der Waals surface area (Å²) in [6.07, 6.45) is 3.59. The van der Waals surface area contributed by atoms with E-state index in [-0.39, 0.29) is 17.5 Å². The summed E-state index contributed by atoms with van der Waals surface area (Å²) in [7, 11) is 1.43. The lowest BCUT2D eigenvalue weighted by Gasteiger charge is -2.22. The van der Waals surface area contributed by atoms with Crippen molar-refractivity contribution < 1.29 is 13.9 Å². The quantitative estimate of drug-likeness (QED) is 0.698. The van der Waals surface area contributed by atoms with Crippen LogP contribution in [0.2, 0.25) is 0 Å². The van der Waals surface area contributed by atoms with Gasteiger partial charge < -0.3 is 9.53 Å². The number of ether oxygens (including phenoxy) is 1. The zero-order chi connectivity index (χ0) is 10.8. The van der Waals surface area contributed by atoms with E-state index in [2.05, 4.69) is 0 Å². The predicted molar refractivity (Wildman–Crippen MR) is 54.7 cm³/mol. The van der Waals surface area contributed by atoms with E-state index < -0.39 is 0 Å². The third-order valence-corrected chi connectivity index (χ3v) is 2.94. The van der Waals surface area contributed by atoms with Crippen LogP contribution in [0.25, 0.3) is 0 Å². The first kappa shape index (κ1) is 10.1. The van der Waals surface area contributed by atoms with Crippen LogP contribution >= 0.6 is 0 Å². The summed E-state index contributed by atoms with van der Waals surface area (Å²) in [4.78, 5) is 10.9. The van der Waals surface area contributed by atoms with Gasteiger partial charge in [-0.3, -0.25) is 0 Å². The molecule has 0 saturated heterocycles. The monoisotopic (exact) mass is 208 g/mol. The summed E-state index contributed by atoms with van der Waals surface area (Å²) in [6, 6.07) is 3.15. The standard InChI is InChI=1S/C12H13FO2/c1-15-12-6-10-8(5-11(12)13)3-2-4-9(10)7-14/h5-7,9H,2-4H2,1H3. The fourth-order valence-corrected chi connectivity index (χ4v) is 2.14. The van der Waals surface area contributed by atoms with E-state index in [0.29, 0.717) is 0 Å². The molecule has 0 N–H and O–H groups in total. The first-order chi connectivity index (χ1) is 7.26. The van der Waals surface area contributed by atoms with Gasteiger partial charge >= 0.3 is 0 Å². The van der Waals surface area contributed by atoms with Crippen molar-refractivity contribution in [3.63, 3.8) is 0 Å². The van der Waals surface area contributed by atoms with Crippen molar-refractivity contribution in [1.82, 2.24) is 0 Å². The number of carbonyl (C=O) groups is 1. The molecular formula is C12H13FO2. The third-order valence-electron chi connectivity index (χ3n) is 2.94. The molecular weight excluding hydrogens is 195 g/mol. The Balaban J connectivity index is 2.50. The Kier molecular flexibility index (Phi) is 2.71. The summed E-state index contributed by atoms with van der Waals surface area (Å²) < 4.78 is 18.3. The van der Waals surface area contributed by atoms with Crippen molar-refractivity contribution in [2.45, 2.75) is 25.2 Å². The van der Waals surface area contributed by atoms with Gasteiger partial charge in [-0.15, -0.1) is 0 Å². The number of carbonyl (C=O) groups excluding carboxylic acids is 1. The lowest BCUT2D eigenvalue weighted by Crippen LogP contribution is -2.11. The van der Waals surface area contributed by atoms with Gasteiger partial charge in [0.1, 0.15) is 6.29 Å². The van der Waals surface area contributed by atoms with Crippen molar-refractivity contribution >= 4 is 6.29 Å². The molecule has 3 heteroatoms. The van der Waals surface area contributed by atoms with E-state index in [4.69, 9.17) is 4.74 Å². The van der Waals surface area contributed by atoms with Gasteiger partial charge in [0.25, 0.3) is 0 Å². The maximum atomic E-state index is 13.4. The zero-order valence-electron chi connectivity index (χ0n) is 8.63. The fraction of sp³-hybridized carbons (Fsp3) is 0.417. The van der Waals surface area contributed by atoms with Gasteiger partial charge in [0, 0.05) is 5.92 Å². The van der Waals surface area contributed by atoms with Crippen LogP contribution in [0.5, 0.6) is 5.75 Å². The average Bonchev–Trinajstić information content (AvgIpc) is 2.27. The van der Waals surface area contributed by atoms with Crippen LogP contribution in [-0.2, 0) is 11.2 Å². The average molecular weight is 208 g/mol. The SMILES string of the molecule is COc1cc2c(cc1F)CCCC2C=O. The molecule has 2 nitrogen and oxygen atoms in total. The Labute approximate surface area is 88.1 Å². The molecule has 1 atom stereocenters. The van der Waals surface area contributed by atoms with Crippen LogP contribution in [-0.4, -0.2) is 13.4 Å². The Morgan fingerprint density at radius 1 is 1.53 bits per heavy atom. The highest BCUT2D eigenvalue weighted by Gasteiger charge is 2.21. The summed E-state index contributed by atoms with van der Waals surface area (Å²) in [6.45, 7) is 0. The zero-order valence-corrected chi connectivity index (χ0v) is 8.63. The third kappa shape index (κ3) is 1.74. The largest absolute Gasteiger partial charge is 0.494 e. The molecule has 0 radical (unpaired) electrons. The summed E-state index contributed by atoms with van der Waals surface area (Å²) in [5, 5.41) is 0. The van der Waals surface area contributed by atoms with Gasteiger partial charge in [-0.25, -0.2) is 4.39 Å². The topological polar surface area (TPSA) is 26.3 Å². The molecule has 1 aliphatic carbocycles. The van der Waals surface area contributed by atoms with Crippen LogP contribution in [0, 0.1) is 5.82 Å². The molecule has 80 valence electrons. The van der Waals surface area contributed by atoms with Crippen molar-refractivity contribution in [2.24, 2.45) is 0 Å². The van der Waals surface area contributed by atoms with E-state index in [9.17, 15) is 9.18 Å². The second kappa shape index (κ2) is 4.01. The number of fused-ring (bicyclic) bond motifs is 1.